The molecule has 9 heteroatoms. The monoisotopic (exact) mass is 536 g/mol. The molecule has 37 heavy (non-hydrogen) atoms. The van der Waals surface area contributed by atoms with Crippen LogP contribution in [0.15, 0.2) is 71.6 Å². The summed E-state index contributed by atoms with van der Waals surface area (Å²) in [4.78, 5) is 39.2. The van der Waals surface area contributed by atoms with Crippen LogP contribution in [-0.2, 0) is 9.59 Å². The first-order valence-corrected chi connectivity index (χ1v) is 12.7. The van der Waals surface area contributed by atoms with Gasteiger partial charge in [-0.25, -0.2) is 0 Å². The summed E-state index contributed by atoms with van der Waals surface area (Å²) >= 11 is 7.00. The van der Waals surface area contributed by atoms with E-state index in [0.717, 1.165) is 27.8 Å². The van der Waals surface area contributed by atoms with Gasteiger partial charge in [-0.2, -0.15) is 0 Å². The van der Waals surface area contributed by atoms with Crippen LogP contribution in [0.1, 0.15) is 16.7 Å². The van der Waals surface area contributed by atoms with Crippen molar-refractivity contribution in [3.8, 4) is 11.5 Å². The van der Waals surface area contributed by atoms with Gasteiger partial charge in [-0.15, -0.1) is 0 Å². The largest absolute Gasteiger partial charge is 0.492 e. The van der Waals surface area contributed by atoms with Crippen LogP contribution in [0.4, 0.5) is 10.5 Å². The minimum Gasteiger partial charge on any atom is -0.492 e. The number of hydrogen-bond donors (Lipinski definition) is 1. The van der Waals surface area contributed by atoms with Gasteiger partial charge in [0.1, 0.15) is 18.1 Å². The number of benzene rings is 3. The SMILES string of the molecule is Cc1ccc(OCCN2C(=O)S/C(=C\c3cc(Cl)ccc3OCC(=O)Nc3cccc(C)c3)C2=O)cc1. The third kappa shape index (κ3) is 7.15. The van der Waals surface area contributed by atoms with Gasteiger partial charge in [0.2, 0.25) is 0 Å². The van der Waals surface area contributed by atoms with Gasteiger partial charge in [-0.1, -0.05) is 41.4 Å². The van der Waals surface area contributed by atoms with Crippen LogP contribution < -0.4 is 14.8 Å². The smallest absolute Gasteiger partial charge is 0.293 e. The zero-order valence-electron chi connectivity index (χ0n) is 20.3. The number of ether oxygens (including phenoxy) is 2. The van der Waals surface area contributed by atoms with E-state index in [2.05, 4.69) is 5.32 Å². The average molecular weight is 537 g/mol. The van der Waals surface area contributed by atoms with Crippen molar-refractivity contribution >= 4 is 52.2 Å². The molecule has 0 bridgehead atoms. The summed E-state index contributed by atoms with van der Waals surface area (Å²) in [5.41, 5.74) is 3.29. The maximum atomic E-state index is 12.9. The van der Waals surface area contributed by atoms with Crippen molar-refractivity contribution in [2.75, 3.05) is 25.1 Å². The van der Waals surface area contributed by atoms with Crippen molar-refractivity contribution < 1.29 is 23.9 Å². The van der Waals surface area contributed by atoms with E-state index in [9.17, 15) is 14.4 Å². The third-order valence-corrected chi connectivity index (χ3v) is 6.54. The van der Waals surface area contributed by atoms with Crippen molar-refractivity contribution in [3.63, 3.8) is 0 Å². The fraction of sp³-hybridized carbons (Fsp3) is 0.179. The molecule has 7 nitrogen and oxygen atoms in total. The maximum Gasteiger partial charge on any atom is 0.293 e. The number of nitrogens with one attached hydrogen (secondary N) is 1. The number of rotatable bonds is 9. The number of halogens is 1. The number of imide groups is 1. The van der Waals surface area contributed by atoms with E-state index in [-0.39, 0.29) is 35.8 Å². The lowest BCUT2D eigenvalue weighted by molar-refractivity contribution is -0.123. The predicted octanol–water partition coefficient (Wildman–Crippen LogP) is 6.09. The molecule has 1 aliphatic rings. The van der Waals surface area contributed by atoms with Gasteiger partial charge >= 0.3 is 0 Å². The van der Waals surface area contributed by atoms with E-state index in [1.54, 1.807) is 30.3 Å². The molecule has 1 fully saturated rings. The molecule has 0 radical (unpaired) electrons. The van der Waals surface area contributed by atoms with E-state index >= 15 is 0 Å². The summed E-state index contributed by atoms with van der Waals surface area (Å²) in [6.07, 6.45) is 1.55. The van der Waals surface area contributed by atoms with Gasteiger partial charge in [-0.3, -0.25) is 19.3 Å². The van der Waals surface area contributed by atoms with Gasteiger partial charge in [0.25, 0.3) is 17.1 Å². The highest BCUT2D eigenvalue weighted by Crippen LogP contribution is 2.34. The normalized spacial score (nSPS) is 14.2. The summed E-state index contributed by atoms with van der Waals surface area (Å²) in [6, 6.07) is 19.8. The standard InChI is InChI=1S/C28H25ClN2O5S/c1-18-6-9-23(10-7-18)35-13-12-31-27(33)25(37-28(31)34)16-20-15-21(29)8-11-24(20)36-17-26(32)30-22-5-3-4-19(2)14-22/h3-11,14-16H,12-13,17H2,1-2H3,(H,30,32)/b25-16-. The quantitative estimate of drug-likeness (QED) is 0.333. The van der Waals surface area contributed by atoms with Gasteiger partial charge in [0, 0.05) is 16.3 Å². The zero-order valence-corrected chi connectivity index (χ0v) is 21.9. The Kier molecular flexibility index (Phi) is 8.53. The first-order valence-electron chi connectivity index (χ1n) is 11.5. The summed E-state index contributed by atoms with van der Waals surface area (Å²) in [6.45, 7) is 3.97. The second kappa shape index (κ2) is 12.0. The summed E-state index contributed by atoms with van der Waals surface area (Å²) in [5.74, 6) is 0.268. The molecule has 1 heterocycles. The van der Waals surface area contributed by atoms with Crippen LogP contribution in [0, 0.1) is 13.8 Å². The van der Waals surface area contributed by atoms with Crippen LogP contribution in [0.25, 0.3) is 6.08 Å². The van der Waals surface area contributed by atoms with Gasteiger partial charge in [-0.05, 0) is 79.7 Å². The molecule has 0 saturated carbocycles. The Labute approximate surface area is 224 Å². The molecular formula is C28H25ClN2O5S. The van der Waals surface area contributed by atoms with Gasteiger partial charge in [0.05, 0.1) is 11.4 Å². The lowest BCUT2D eigenvalue weighted by Crippen LogP contribution is -2.32. The molecule has 0 unspecified atom stereocenters. The Morgan fingerprint density at radius 1 is 1.00 bits per heavy atom. The number of amides is 3. The third-order valence-electron chi connectivity index (χ3n) is 5.40. The minimum absolute atomic E-state index is 0.119. The second-order valence-electron chi connectivity index (χ2n) is 8.38. The van der Waals surface area contributed by atoms with Crippen LogP contribution in [-0.4, -0.2) is 41.7 Å². The summed E-state index contributed by atoms with van der Waals surface area (Å²) < 4.78 is 11.4. The Morgan fingerprint density at radius 3 is 2.54 bits per heavy atom. The molecule has 1 N–H and O–H groups in total. The maximum absolute atomic E-state index is 12.9. The highest BCUT2D eigenvalue weighted by atomic mass is 35.5. The Bertz CT molecular complexity index is 1360. The fourth-order valence-corrected chi connectivity index (χ4v) is 4.59. The average Bonchev–Trinajstić information content (AvgIpc) is 3.12. The van der Waals surface area contributed by atoms with Crippen LogP contribution in [0.5, 0.6) is 11.5 Å². The van der Waals surface area contributed by atoms with Crippen molar-refractivity contribution in [2.24, 2.45) is 0 Å². The van der Waals surface area contributed by atoms with Crippen LogP contribution in [0.3, 0.4) is 0 Å². The molecular weight excluding hydrogens is 512 g/mol. The van der Waals surface area contributed by atoms with E-state index in [1.165, 1.54) is 0 Å². The molecule has 4 rings (SSSR count). The van der Waals surface area contributed by atoms with Crippen molar-refractivity contribution in [1.29, 1.82) is 0 Å². The minimum atomic E-state index is -0.425. The molecule has 190 valence electrons. The van der Waals surface area contributed by atoms with Crippen LogP contribution >= 0.6 is 23.4 Å². The predicted molar refractivity (Wildman–Crippen MR) is 146 cm³/mol. The lowest BCUT2D eigenvalue weighted by Gasteiger charge is -2.13. The molecule has 0 atom stereocenters. The molecule has 0 spiro atoms. The second-order valence-corrected chi connectivity index (χ2v) is 9.81. The lowest BCUT2D eigenvalue weighted by atomic mass is 10.2. The first-order chi connectivity index (χ1) is 17.8. The fourth-order valence-electron chi connectivity index (χ4n) is 3.55. The highest BCUT2D eigenvalue weighted by Gasteiger charge is 2.35. The summed E-state index contributed by atoms with van der Waals surface area (Å²) in [5, 5.41) is 2.82. The molecule has 1 saturated heterocycles. The Morgan fingerprint density at radius 2 is 1.78 bits per heavy atom. The number of nitrogens with zero attached hydrogens (tertiary/aromatic N) is 1. The number of aryl methyl sites for hydroxylation is 2. The molecule has 3 aromatic carbocycles. The number of anilines is 1. The summed E-state index contributed by atoms with van der Waals surface area (Å²) in [7, 11) is 0. The number of thioether (sulfide) groups is 1. The van der Waals surface area contributed by atoms with Crippen molar-refractivity contribution in [3.05, 3.63) is 93.3 Å². The van der Waals surface area contributed by atoms with Gasteiger partial charge < -0.3 is 14.8 Å². The topological polar surface area (TPSA) is 84.9 Å². The highest BCUT2D eigenvalue weighted by molar-refractivity contribution is 8.18. The number of carbonyl (C=O) groups excluding carboxylic acids is 3. The molecule has 1 aliphatic heterocycles. The molecule has 3 amide bonds. The molecule has 0 aliphatic carbocycles. The van der Waals surface area contributed by atoms with E-state index < -0.39 is 5.91 Å². The molecule has 3 aromatic rings. The number of carbonyl (C=O) groups is 3. The van der Waals surface area contributed by atoms with Crippen molar-refractivity contribution in [2.45, 2.75) is 13.8 Å². The Balaban J connectivity index is 1.40. The van der Waals surface area contributed by atoms with E-state index in [4.69, 9.17) is 21.1 Å². The first kappa shape index (κ1) is 26.3. The molecule has 0 aromatic heterocycles. The van der Waals surface area contributed by atoms with E-state index in [0.29, 0.717) is 27.8 Å². The Hall–Kier alpha value is -3.75. The zero-order chi connectivity index (χ0) is 26.4. The van der Waals surface area contributed by atoms with Crippen LogP contribution in [0.2, 0.25) is 5.02 Å². The number of hydrogen-bond acceptors (Lipinski definition) is 6. The van der Waals surface area contributed by atoms with Gasteiger partial charge in [0.15, 0.2) is 6.61 Å². The van der Waals surface area contributed by atoms with E-state index in [1.807, 2.05) is 56.3 Å². The van der Waals surface area contributed by atoms with Crippen molar-refractivity contribution in [1.82, 2.24) is 4.90 Å².